The quantitative estimate of drug-likeness (QED) is 0.719. The third-order valence-corrected chi connectivity index (χ3v) is 2.87. The molecule has 0 aliphatic carbocycles. The zero-order chi connectivity index (χ0) is 12.2. The smallest absolute Gasteiger partial charge is 0.313 e. The zero-order valence-electron chi connectivity index (χ0n) is 10.5. The van der Waals surface area contributed by atoms with Gasteiger partial charge in [-0.1, -0.05) is 0 Å². The highest BCUT2D eigenvalue weighted by Gasteiger charge is 2.30. The first-order chi connectivity index (χ1) is 7.47. The Hall–Kier alpha value is -0.810. The van der Waals surface area contributed by atoms with E-state index in [9.17, 15) is 9.59 Å². The molecule has 1 saturated heterocycles. The van der Waals surface area contributed by atoms with Crippen LogP contribution in [0.1, 0.15) is 20.3 Å². The number of hydrogen-bond acceptors (Lipinski definition) is 4. The van der Waals surface area contributed by atoms with Gasteiger partial charge in [-0.2, -0.15) is 0 Å². The van der Waals surface area contributed by atoms with E-state index in [4.69, 9.17) is 0 Å². The van der Waals surface area contributed by atoms with Crippen molar-refractivity contribution in [2.45, 2.75) is 20.3 Å². The second kappa shape index (κ2) is 6.81. The molecule has 1 rings (SSSR count). The Morgan fingerprint density at radius 2 is 2.12 bits per heavy atom. The molecule has 1 aliphatic heterocycles. The summed E-state index contributed by atoms with van der Waals surface area (Å²) >= 11 is 0. The normalized spacial score (nSPS) is 19.4. The number of carbonyl (C=O) groups excluding carboxylic acids is 2. The van der Waals surface area contributed by atoms with Crippen LogP contribution in [0, 0.1) is 11.3 Å². The van der Waals surface area contributed by atoms with Crippen molar-refractivity contribution in [2.75, 3.05) is 26.7 Å². The number of amides is 1. The van der Waals surface area contributed by atoms with Crippen LogP contribution in [0.2, 0.25) is 0 Å². The first kappa shape index (κ1) is 16.2. The van der Waals surface area contributed by atoms with Crippen LogP contribution in [-0.2, 0) is 14.3 Å². The summed E-state index contributed by atoms with van der Waals surface area (Å²) in [6.07, 6.45) is 0.866. The van der Waals surface area contributed by atoms with Crippen LogP contribution in [0.25, 0.3) is 0 Å². The number of rotatable bonds is 4. The van der Waals surface area contributed by atoms with Crippen molar-refractivity contribution in [2.24, 2.45) is 11.3 Å². The Kier molecular flexibility index (Phi) is 6.49. The molecule has 0 aromatic carbocycles. The molecule has 0 spiro atoms. The molecule has 0 bridgehead atoms. The zero-order valence-corrected chi connectivity index (χ0v) is 11.4. The van der Waals surface area contributed by atoms with E-state index in [0.717, 1.165) is 19.5 Å². The maximum atomic E-state index is 11.7. The predicted molar refractivity (Wildman–Crippen MR) is 67.0 cm³/mol. The highest BCUT2D eigenvalue weighted by atomic mass is 35.5. The van der Waals surface area contributed by atoms with Crippen molar-refractivity contribution in [3.05, 3.63) is 0 Å². The maximum absolute atomic E-state index is 11.7. The second-order valence-corrected chi connectivity index (χ2v) is 4.78. The third-order valence-electron chi connectivity index (χ3n) is 2.87. The Morgan fingerprint density at radius 1 is 1.47 bits per heavy atom. The van der Waals surface area contributed by atoms with Crippen LogP contribution in [-0.4, -0.2) is 38.6 Å². The molecule has 1 aliphatic rings. The van der Waals surface area contributed by atoms with Gasteiger partial charge < -0.3 is 15.4 Å². The van der Waals surface area contributed by atoms with Crippen LogP contribution in [0.4, 0.5) is 0 Å². The molecule has 17 heavy (non-hydrogen) atoms. The van der Waals surface area contributed by atoms with E-state index in [1.54, 1.807) is 13.8 Å². The summed E-state index contributed by atoms with van der Waals surface area (Å²) in [5.74, 6) is -0.257. The second-order valence-electron chi connectivity index (χ2n) is 4.78. The summed E-state index contributed by atoms with van der Waals surface area (Å²) in [6.45, 7) is 5.44. The van der Waals surface area contributed by atoms with E-state index in [0.29, 0.717) is 6.54 Å². The Balaban J connectivity index is 0.00000256. The lowest BCUT2D eigenvalue weighted by atomic mass is 9.93. The molecule has 1 heterocycles. The van der Waals surface area contributed by atoms with Gasteiger partial charge in [0.25, 0.3) is 0 Å². The number of halogens is 1. The SMILES string of the molecule is COC(=O)C(C)(C)CNC(=O)C1CCNC1.Cl. The minimum Gasteiger partial charge on any atom is -0.469 e. The largest absolute Gasteiger partial charge is 0.469 e. The molecular formula is C11H21ClN2O3. The highest BCUT2D eigenvalue weighted by Crippen LogP contribution is 2.16. The van der Waals surface area contributed by atoms with Crippen molar-refractivity contribution in [3.8, 4) is 0 Å². The highest BCUT2D eigenvalue weighted by molar-refractivity contribution is 5.85. The van der Waals surface area contributed by atoms with Crippen molar-refractivity contribution >= 4 is 24.3 Å². The molecule has 5 nitrogen and oxygen atoms in total. The van der Waals surface area contributed by atoms with E-state index in [-0.39, 0.29) is 30.2 Å². The number of methoxy groups -OCH3 is 1. The molecular weight excluding hydrogens is 244 g/mol. The van der Waals surface area contributed by atoms with Gasteiger partial charge in [0.2, 0.25) is 5.91 Å². The number of hydrogen-bond donors (Lipinski definition) is 2. The summed E-state index contributed by atoms with van der Waals surface area (Å²) in [5, 5.41) is 5.93. The maximum Gasteiger partial charge on any atom is 0.313 e. The third kappa shape index (κ3) is 4.52. The molecule has 0 radical (unpaired) electrons. The molecule has 1 amide bonds. The molecule has 0 aromatic heterocycles. The van der Waals surface area contributed by atoms with Gasteiger partial charge in [0.05, 0.1) is 18.4 Å². The molecule has 0 saturated carbocycles. The lowest BCUT2D eigenvalue weighted by molar-refractivity contribution is -0.150. The van der Waals surface area contributed by atoms with Gasteiger partial charge in [0.15, 0.2) is 0 Å². The minimum absolute atomic E-state index is 0. The van der Waals surface area contributed by atoms with Crippen LogP contribution in [0.5, 0.6) is 0 Å². The van der Waals surface area contributed by atoms with E-state index in [2.05, 4.69) is 15.4 Å². The molecule has 0 aromatic rings. The lowest BCUT2D eigenvalue weighted by Crippen LogP contribution is -2.42. The van der Waals surface area contributed by atoms with Gasteiger partial charge in [-0.05, 0) is 26.8 Å². The number of nitrogens with one attached hydrogen (secondary N) is 2. The molecule has 2 N–H and O–H groups in total. The van der Waals surface area contributed by atoms with E-state index >= 15 is 0 Å². The first-order valence-electron chi connectivity index (χ1n) is 5.54. The lowest BCUT2D eigenvalue weighted by Gasteiger charge is -2.22. The van der Waals surface area contributed by atoms with Gasteiger partial charge in [-0.15, -0.1) is 12.4 Å². The predicted octanol–water partition coefficient (Wildman–Crippen LogP) is 0.333. The van der Waals surface area contributed by atoms with Crippen LogP contribution < -0.4 is 10.6 Å². The van der Waals surface area contributed by atoms with Crippen LogP contribution in [0.15, 0.2) is 0 Å². The Labute approximate surface area is 108 Å². The van der Waals surface area contributed by atoms with Crippen molar-refractivity contribution in [1.29, 1.82) is 0 Å². The number of ether oxygens (including phenoxy) is 1. The van der Waals surface area contributed by atoms with Crippen molar-refractivity contribution in [1.82, 2.24) is 10.6 Å². The van der Waals surface area contributed by atoms with E-state index < -0.39 is 5.41 Å². The average molecular weight is 265 g/mol. The summed E-state index contributed by atoms with van der Waals surface area (Å²) in [7, 11) is 1.35. The van der Waals surface area contributed by atoms with Crippen molar-refractivity contribution < 1.29 is 14.3 Å². The first-order valence-corrected chi connectivity index (χ1v) is 5.54. The topological polar surface area (TPSA) is 67.4 Å². The average Bonchev–Trinajstić information content (AvgIpc) is 2.78. The Bertz CT molecular complexity index is 276. The number of esters is 1. The summed E-state index contributed by atoms with van der Waals surface area (Å²) in [5.41, 5.74) is -0.670. The van der Waals surface area contributed by atoms with Gasteiger partial charge in [-0.25, -0.2) is 0 Å². The van der Waals surface area contributed by atoms with Crippen LogP contribution >= 0.6 is 12.4 Å². The standard InChI is InChI=1S/C11H20N2O3.ClH/c1-11(2,10(15)16-3)7-13-9(14)8-4-5-12-6-8;/h8,12H,4-7H2,1-3H3,(H,13,14);1H. The summed E-state index contributed by atoms with van der Waals surface area (Å²) < 4.78 is 4.67. The number of carbonyl (C=O) groups is 2. The molecule has 1 unspecified atom stereocenters. The fraction of sp³-hybridized carbons (Fsp3) is 0.818. The monoisotopic (exact) mass is 264 g/mol. The van der Waals surface area contributed by atoms with Crippen LogP contribution in [0.3, 0.4) is 0 Å². The molecule has 1 fully saturated rings. The van der Waals surface area contributed by atoms with Gasteiger partial charge in [-0.3, -0.25) is 9.59 Å². The minimum atomic E-state index is -0.670. The fourth-order valence-electron chi connectivity index (χ4n) is 1.68. The van der Waals surface area contributed by atoms with Crippen molar-refractivity contribution in [3.63, 3.8) is 0 Å². The Morgan fingerprint density at radius 3 is 2.59 bits per heavy atom. The molecule has 1 atom stereocenters. The molecule has 100 valence electrons. The summed E-state index contributed by atoms with van der Waals surface area (Å²) in [6, 6.07) is 0. The fourth-order valence-corrected chi connectivity index (χ4v) is 1.68. The van der Waals surface area contributed by atoms with E-state index in [1.807, 2.05) is 0 Å². The molecule has 6 heteroatoms. The van der Waals surface area contributed by atoms with Gasteiger partial charge in [0, 0.05) is 13.1 Å². The van der Waals surface area contributed by atoms with Gasteiger partial charge in [0.1, 0.15) is 0 Å². The van der Waals surface area contributed by atoms with E-state index in [1.165, 1.54) is 7.11 Å². The summed E-state index contributed by atoms with van der Waals surface area (Å²) in [4.78, 5) is 23.1. The van der Waals surface area contributed by atoms with Gasteiger partial charge >= 0.3 is 5.97 Å².